The molecule has 168 valence electrons. The van der Waals surface area contributed by atoms with Crippen LogP contribution in [0.25, 0.3) is 0 Å². The molecule has 0 saturated carbocycles. The molecule has 1 atom stereocenters. The van der Waals surface area contributed by atoms with E-state index in [1.54, 1.807) is 16.8 Å². The van der Waals surface area contributed by atoms with Crippen LogP contribution >= 0.6 is 11.6 Å². The molecule has 7 nitrogen and oxygen atoms in total. The molecule has 2 heterocycles. The van der Waals surface area contributed by atoms with Crippen LogP contribution in [0.1, 0.15) is 30.5 Å². The van der Waals surface area contributed by atoms with E-state index in [2.05, 4.69) is 4.90 Å². The summed E-state index contributed by atoms with van der Waals surface area (Å²) in [5, 5.41) is 6.94. The number of nitrogens with zero attached hydrogens (tertiary/aromatic N) is 4. The minimum Gasteiger partial charge on any atom is -0.450 e. The zero-order valence-corrected chi connectivity index (χ0v) is 18.9. The molecule has 32 heavy (non-hydrogen) atoms. The van der Waals surface area contributed by atoms with Crippen LogP contribution in [-0.2, 0) is 9.53 Å². The van der Waals surface area contributed by atoms with Crippen LogP contribution in [0.5, 0.6) is 0 Å². The van der Waals surface area contributed by atoms with Gasteiger partial charge in [-0.3, -0.25) is 9.69 Å². The maximum Gasteiger partial charge on any atom is 0.409 e. The van der Waals surface area contributed by atoms with Crippen molar-refractivity contribution in [2.24, 2.45) is 5.10 Å². The number of ether oxygens (including phenoxy) is 1. The molecule has 2 amide bonds. The highest BCUT2D eigenvalue weighted by molar-refractivity contribution is 6.34. The first-order chi connectivity index (χ1) is 15.6. The first-order valence-electron chi connectivity index (χ1n) is 10.9. The Morgan fingerprint density at radius 3 is 2.41 bits per heavy atom. The molecule has 0 bridgehead atoms. The summed E-state index contributed by atoms with van der Waals surface area (Å²) in [6.45, 7) is 4.73. The number of hydrazone groups is 1. The van der Waals surface area contributed by atoms with E-state index in [1.165, 1.54) is 0 Å². The number of hydrogen-bond donors (Lipinski definition) is 0. The molecule has 2 aliphatic heterocycles. The molecule has 1 unspecified atom stereocenters. The molecule has 1 saturated heterocycles. The van der Waals surface area contributed by atoms with Crippen LogP contribution in [0, 0.1) is 0 Å². The highest BCUT2D eigenvalue weighted by Crippen LogP contribution is 2.34. The van der Waals surface area contributed by atoms with Gasteiger partial charge in [-0.15, -0.1) is 0 Å². The third-order valence-electron chi connectivity index (χ3n) is 5.79. The molecule has 1 fully saturated rings. The van der Waals surface area contributed by atoms with Gasteiger partial charge in [0.15, 0.2) is 0 Å². The molecular formula is C24H27ClN4O3. The highest BCUT2D eigenvalue weighted by atomic mass is 35.5. The van der Waals surface area contributed by atoms with E-state index >= 15 is 0 Å². The molecule has 0 N–H and O–H groups in total. The van der Waals surface area contributed by atoms with E-state index < -0.39 is 0 Å². The summed E-state index contributed by atoms with van der Waals surface area (Å²) >= 11 is 6.41. The van der Waals surface area contributed by atoms with Gasteiger partial charge < -0.3 is 9.64 Å². The van der Waals surface area contributed by atoms with E-state index in [9.17, 15) is 9.59 Å². The second-order valence-electron chi connectivity index (χ2n) is 7.86. The summed E-state index contributed by atoms with van der Waals surface area (Å²) in [6.07, 6.45) is 0.312. The number of hydrogen-bond acceptors (Lipinski definition) is 5. The lowest BCUT2D eigenvalue weighted by atomic mass is 9.98. The third-order valence-corrected chi connectivity index (χ3v) is 6.12. The van der Waals surface area contributed by atoms with Crippen molar-refractivity contribution in [3.63, 3.8) is 0 Å². The van der Waals surface area contributed by atoms with Gasteiger partial charge in [-0.1, -0.05) is 60.1 Å². The van der Waals surface area contributed by atoms with Gasteiger partial charge in [0.05, 0.1) is 24.9 Å². The van der Waals surface area contributed by atoms with Crippen molar-refractivity contribution in [2.75, 3.05) is 39.3 Å². The van der Waals surface area contributed by atoms with Crippen molar-refractivity contribution < 1.29 is 14.3 Å². The van der Waals surface area contributed by atoms with Gasteiger partial charge in [0.25, 0.3) is 5.91 Å². The second kappa shape index (κ2) is 10.1. The SMILES string of the molecule is CCOC(=O)N1CCN(CC(=O)N2N=C(c3ccccc3Cl)CC2c2ccccc2)CC1. The van der Waals surface area contributed by atoms with Crippen LogP contribution in [0.4, 0.5) is 4.79 Å². The summed E-state index contributed by atoms with van der Waals surface area (Å²) in [6, 6.07) is 17.4. The Kier molecular flexibility index (Phi) is 7.07. The van der Waals surface area contributed by atoms with E-state index in [0.717, 1.165) is 16.8 Å². The fourth-order valence-corrected chi connectivity index (χ4v) is 4.34. The lowest BCUT2D eigenvalue weighted by Crippen LogP contribution is -2.51. The van der Waals surface area contributed by atoms with E-state index in [4.69, 9.17) is 21.4 Å². The average Bonchev–Trinajstić information content (AvgIpc) is 3.26. The van der Waals surface area contributed by atoms with Gasteiger partial charge in [0, 0.05) is 43.2 Å². The Hall–Kier alpha value is -2.90. The quantitative estimate of drug-likeness (QED) is 0.689. The van der Waals surface area contributed by atoms with Gasteiger partial charge in [0.1, 0.15) is 0 Å². The van der Waals surface area contributed by atoms with Crippen molar-refractivity contribution in [1.29, 1.82) is 0 Å². The molecule has 8 heteroatoms. The Labute approximate surface area is 193 Å². The van der Waals surface area contributed by atoms with Crippen molar-refractivity contribution >= 4 is 29.3 Å². The van der Waals surface area contributed by atoms with E-state index in [0.29, 0.717) is 44.2 Å². The molecule has 0 spiro atoms. The summed E-state index contributed by atoms with van der Waals surface area (Å²) < 4.78 is 5.07. The molecule has 2 aliphatic rings. The Morgan fingerprint density at radius 2 is 1.72 bits per heavy atom. The molecule has 2 aromatic carbocycles. The summed E-state index contributed by atoms with van der Waals surface area (Å²) in [4.78, 5) is 29.0. The van der Waals surface area contributed by atoms with Gasteiger partial charge >= 0.3 is 6.09 Å². The minimum atomic E-state index is -0.295. The number of carbonyl (C=O) groups excluding carboxylic acids is 2. The molecule has 0 radical (unpaired) electrons. The fraction of sp³-hybridized carbons (Fsp3) is 0.375. The fourth-order valence-electron chi connectivity index (χ4n) is 4.10. The Bertz CT molecular complexity index is 990. The number of amides is 2. The van der Waals surface area contributed by atoms with Crippen LogP contribution in [0.3, 0.4) is 0 Å². The number of piperazine rings is 1. The lowest BCUT2D eigenvalue weighted by Gasteiger charge is -2.34. The zero-order valence-electron chi connectivity index (χ0n) is 18.1. The summed E-state index contributed by atoms with van der Waals surface area (Å²) in [5.41, 5.74) is 2.71. The zero-order chi connectivity index (χ0) is 22.5. The minimum absolute atomic E-state index is 0.0644. The Morgan fingerprint density at radius 1 is 1.03 bits per heavy atom. The van der Waals surface area contributed by atoms with Crippen molar-refractivity contribution in [1.82, 2.24) is 14.8 Å². The van der Waals surface area contributed by atoms with Crippen molar-refractivity contribution in [3.8, 4) is 0 Å². The van der Waals surface area contributed by atoms with Gasteiger partial charge in [-0.2, -0.15) is 5.10 Å². The molecular weight excluding hydrogens is 428 g/mol. The first kappa shape index (κ1) is 22.3. The average molecular weight is 455 g/mol. The van der Waals surface area contributed by atoms with Crippen LogP contribution in [-0.4, -0.2) is 71.9 Å². The highest BCUT2D eigenvalue weighted by Gasteiger charge is 2.34. The maximum absolute atomic E-state index is 13.3. The number of halogens is 1. The van der Waals surface area contributed by atoms with Crippen LogP contribution in [0.15, 0.2) is 59.7 Å². The topological polar surface area (TPSA) is 65.5 Å². The molecule has 0 aliphatic carbocycles. The van der Waals surface area contributed by atoms with E-state index in [1.807, 2.05) is 54.6 Å². The maximum atomic E-state index is 13.3. The standard InChI is InChI=1S/C24H27ClN4O3/c1-2-32-24(31)28-14-12-27(13-15-28)17-23(30)29-22(18-8-4-3-5-9-18)16-21(26-29)19-10-6-7-11-20(19)25/h3-11,22H,2,12-17H2,1H3. The summed E-state index contributed by atoms with van der Waals surface area (Å²) in [5.74, 6) is -0.0644. The van der Waals surface area contributed by atoms with Crippen molar-refractivity contribution in [2.45, 2.75) is 19.4 Å². The van der Waals surface area contributed by atoms with Gasteiger partial charge in [0.2, 0.25) is 0 Å². The number of carbonyl (C=O) groups is 2. The Balaban J connectivity index is 1.48. The monoisotopic (exact) mass is 454 g/mol. The van der Waals surface area contributed by atoms with E-state index in [-0.39, 0.29) is 24.6 Å². The number of rotatable bonds is 5. The van der Waals surface area contributed by atoms with Crippen LogP contribution in [0.2, 0.25) is 5.02 Å². The summed E-state index contributed by atoms with van der Waals surface area (Å²) in [7, 11) is 0. The third kappa shape index (κ3) is 4.95. The largest absolute Gasteiger partial charge is 0.450 e. The second-order valence-corrected chi connectivity index (χ2v) is 8.26. The smallest absolute Gasteiger partial charge is 0.409 e. The lowest BCUT2D eigenvalue weighted by molar-refractivity contribution is -0.134. The molecule has 2 aromatic rings. The van der Waals surface area contributed by atoms with Crippen LogP contribution < -0.4 is 0 Å². The molecule has 0 aromatic heterocycles. The first-order valence-corrected chi connectivity index (χ1v) is 11.3. The van der Waals surface area contributed by atoms with Gasteiger partial charge in [-0.05, 0) is 18.6 Å². The predicted octanol–water partition coefficient (Wildman–Crippen LogP) is 3.79. The normalized spacial score (nSPS) is 19.1. The van der Waals surface area contributed by atoms with Crippen molar-refractivity contribution in [3.05, 3.63) is 70.7 Å². The van der Waals surface area contributed by atoms with Gasteiger partial charge in [-0.25, -0.2) is 9.80 Å². The predicted molar refractivity (Wildman–Crippen MR) is 124 cm³/mol. The molecule has 4 rings (SSSR count). The number of benzene rings is 2.